The number of benzene rings is 2. The first kappa shape index (κ1) is 17.3. The van der Waals surface area contributed by atoms with Crippen molar-refractivity contribution in [3.63, 3.8) is 0 Å². The molecule has 0 heterocycles. The lowest BCUT2D eigenvalue weighted by Crippen LogP contribution is -2.16. The third-order valence-electron chi connectivity index (χ3n) is 3.68. The first-order chi connectivity index (χ1) is 10.9. The van der Waals surface area contributed by atoms with Crippen molar-refractivity contribution in [1.82, 2.24) is 0 Å². The quantitative estimate of drug-likeness (QED) is 0.836. The molecule has 2 aromatic rings. The Balaban J connectivity index is 2.31. The number of hydrogen-bond acceptors (Lipinski definition) is 3. The Morgan fingerprint density at radius 3 is 2.48 bits per heavy atom. The van der Waals surface area contributed by atoms with Crippen molar-refractivity contribution in [1.29, 1.82) is 0 Å². The summed E-state index contributed by atoms with van der Waals surface area (Å²) < 4.78 is 28.2. The molecule has 0 amide bonds. The molecule has 0 aromatic heterocycles. The lowest BCUT2D eigenvalue weighted by Gasteiger charge is -2.15. The van der Waals surface area contributed by atoms with Crippen LogP contribution in [-0.4, -0.2) is 22.5 Å². The molecule has 2 rings (SSSR count). The summed E-state index contributed by atoms with van der Waals surface area (Å²) in [6.45, 7) is 2.10. The minimum absolute atomic E-state index is 0.365. The van der Waals surface area contributed by atoms with Crippen LogP contribution in [-0.2, 0) is 16.4 Å². The van der Waals surface area contributed by atoms with E-state index in [1.54, 1.807) is 18.2 Å². The minimum Gasteiger partial charge on any atom is -0.378 e. The molecule has 0 bridgehead atoms. The number of nitrogens with one attached hydrogen (secondary N) is 1. The summed E-state index contributed by atoms with van der Waals surface area (Å²) in [6.07, 6.45) is 2.78. The normalized spacial score (nSPS) is 11.3. The maximum absolute atomic E-state index is 12.7. The minimum atomic E-state index is -3.59. The van der Waals surface area contributed by atoms with Crippen LogP contribution in [0, 0.1) is 0 Å². The summed E-state index contributed by atoms with van der Waals surface area (Å²) in [5.74, 6) is 0. The maximum atomic E-state index is 12.7. The highest BCUT2D eigenvalue weighted by atomic mass is 32.2. The average Bonchev–Trinajstić information content (AvgIpc) is 2.53. The highest BCUT2D eigenvalue weighted by Crippen LogP contribution is 2.23. The van der Waals surface area contributed by atoms with Gasteiger partial charge in [-0.2, -0.15) is 0 Å². The molecule has 1 N–H and O–H groups in total. The van der Waals surface area contributed by atoms with Gasteiger partial charge >= 0.3 is 0 Å². The predicted molar refractivity (Wildman–Crippen MR) is 96.6 cm³/mol. The fourth-order valence-corrected chi connectivity index (χ4v) is 3.72. The summed E-state index contributed by atoms with van der Waals surface area (Å²) in [6, 6.07) is 14.6. The zero-order chi connectivity index (χ0) is 16.9. The largest absolute Gasteiger partial charge is 0.378 e. The van der Waals surface area contributed by atoms with Gasteiger partial charge in [0.1, 0.15) is 0 Å². The topological polar surface area (TPSA) is 49.4 Å². The molecule has 0 aliphatic rings. The molecule has 124 valence electrons. The van der Waals surface area contributed by atoms with E-state index < -0.39 is 10.0 Å². The molecule has 0 fully saturated rings. The highest BCUT2D eigenvalue weighted by Gasteiger charge is 2.18. The van der Waals surface area contributed by atoms with Crippen LogP contribution in [0.25, 0.3) is 0 Å². The van der Waals surface area contributed by atoms with Crippen molar-refractivity contribution in [2.45, 2.75) is 31.1 Å². The number of rotatable bonds is 7. The second-order valence-electron chi connectivity index (χ2n) is 5.76. The van der Waals surface area contributed by atoms with Crippen molar-refractivity contribution < 1.29 is 8.42 Å². The Bertz CT molecular complexity index is 755. The molecule has 0 spiro atoms. The second kappa shape index (κ2) is 7.51. The summed E-state index contributed by atoms with van der Waals surface area (Å²) in [5.41, 5.74) is 2.39. The third kappa shape index (κ3) is 4.48. The standard InChI is InChI=1S/C18H24N2O2S/c1-4-5-9-15-10-6-7-13-18(15)23(21,22)19-16-11-8-12-17(14-16)20(2)3/h6-8,10-14,19H,4-5,9H2,1-3H3. The molecule has 0 radical (unpaired) electrons. The zero-order valence-electron chi connectivity index (χ0n) is 13.9. The molecular formula is C18H24N2O2S. The Hall–Kier alpha value is -2.01. The van der Waals surface area contributed by atoms with Crippen molar-refractivity contribution >= 4 is 21.4 Å². The molecule has 0 saturated heterocycles. The molecule has 0 aliphatic heterocycles. The Morgan fingerprint density at radius 1 is 1.04 bits per heavy atom. The van der Waals surface area contributed by atoms with E-state index in [1.807, 2.05) is 49.3 Å². The van der Waals surface area contributed by atoms with Crippen molar-refractivity contribution in [2.75, 3.05) is 23.7 Å². The van der Waals surface area contributed by atoms with Gasteiger partial charge in [-0.05, 0) is 42.7 Å². The van der Waals surface area contributed by atoms with Gasteiger partial charge in [0.15, 0.2) is 0 Å². The number of anilines is 2. The number of aryl methyl sites for hydroxylation is 1. The smallest absolute Gasteiger partial charge is 0.262 e. The van der Waals surface area contributed by atoms with Crippen molar-refractivity contribution in [3.05, 3.63) is 54.1 Å². The molecular weight excluding hydrogens is 308 g/mol. The summed E-state index contributed by atoms with van der Waals surface area (Å²) in [4.78, 5) is 2.30. The average molecular weight is 332 g/mol. The van der Waals surface area contributed by atoms with Gasteiger partial charge in [-0.3, -0.25) is 4.72 Å². The molecule has 2 aromatic carbocycles. The fourth-order valence-electron chi connectivity index (χ4n) is 2.40. The predicted octanol–water partition coefficient (Wildman–Crippen LogP) is 3.90. The number of unbranched alkanes of at least 4 members (excludes halogenated alkanes) is 1. The van der Waals surface area contributed by atoms with Gasteiger partial charge in [0.25, 0.3) is 10.0 Å². The van der Waals surface area contributed by atoms with Gasteiger partial charge < -0.3 is 4.90 Å². The Labute approximate surface area is 139 Å². The lowest BCUT2D eigenvalue weighted by atomic mass is 10.1. The maximum Gasteiger partial charge on any atom is 0.262 e. The molecule has 0 saturated carbocycles. The van der Waals surface area contributed by atoms with Crippen LogP contribution in [0.3, 0.4) is 0 Å². The van der Waals surface area contributed by atoms with Gasteiger partial charge in [-0.25, -0.2) is 8.42 Å². The number of hydrogen-bond donors (Lipinski definition) is 1. The number of sulfonamides is 1. The first-order valence-corrected chi connectivity index (χ1v) is 9.30. The van der Waals surface area contributed by atoms with E-state index >= 15 is 0 Å². The van der Waals surface area contributed by atoms with Crippen LogP contribution in [0.5, 0.6) is 0 Å². The lowest BCUT2D eigenvalue weighted by molar-refractivity contribution is 0.599. The second-order valence-corrected chi connectivity index (χ2v) is 7.41. The van der Waals surface area contributed by atoms with E-state index in [0.717, 1.165) is 30.5 Å². The molecule has 23 heavy (non-hydrogen) atoms. The first-order valence-electron chi connectivity index (χ1n) is 7.82. The van der Waals surface area contributed by atoms with Crippen molar-refractivity contribution in [3.8, 4) is 0 Å². The van der Waals surface area contributed by atoms with Gasteiger partial charge in [0.05, 0.1) is 10.6 Å². The SMILES string of the molecule is CCCCc1ccccc1S(=O)(=O)Nc1cccc(N(C)C)c1. The van der Waals surface area contributed by atoms with Crippen LogP contribution in [0.4, 0.5) is 11.4 Å². The monoisotopic (exact) mass is 332 g/mol. The van der Waals surface area contributed by atoms with E-state index in [0.29, 0.717) is 10.6 Å². The van der Waals surface area contributed by atoms with Gasteiger partial charge in [-0.15, -0.1) is 0 Å². The molecule has 0 aliphatic carbocycles. The molecule has 4 nitrogen and oxygen atoms in total. The van der Waals surface area contributed by atoms with E-state index in [-0.39, 0.29) is 0 Å². The van der Waals surface area contributed by atoms with Crippen LogP contribution in [0.15, 0.2) is 53.4 Å². The van der Waals surface area contributed by atoms with Gasteiger partial charge in [-0.1, -0.05) is 37.6 Å². The third-order valence-corrected chi connectivity index (χ3v) is 5.16. The van der Waals surface area contributed by atoms with Gasteiger partial charge in [0, 0.05) is 19.8 Å². The fraction of sp³-hybridized carbons (Fsp3) is 0.333. The van der Waals surface area contributed by atoms with E-state index in [2.05, 4.69) is 11.6 Å². The summed E-state index contributed by atoms with van der Waals surface area (Å²) >= 11 is 0. The Kier molecular flexibility index (Phi) is 5.66. The van der Waals surface area contributed by atoms with E-state index in [4.69, 9.17) is 0 Å². The van der Waals surface area contributed by atoms with Crippen molar-refractivity contribution in [2.24, 2.45) is 0 Å². The summed E-state index contributed by atoms with van der Waals surface area (Å²) in [5, 5.41) is 0. The van der Waals surface area contributed by atoms with Gasteiger partial charge in [0.2, 0.25) is 0 Å². The molecule has 0 unspecified atom stereocenters. The molecule has 0 atom stereocenters. The van der Waals surface area contributed by atoms with Crippen LogP contribution in [0.2, 0.25) is 0 Å². The zero-order valence-corrected chi connectivity index (χ0v) is 14.7. The van der Waals surface area contributed by atoms with E-state index in [9.17, 15) is 8.42 Å². The van der Waals surface area contributed by atoms with Crippen LogP contribution in [0.1, 0.15) is 25.3 Å². The Morgan fingerprint density at radius 2 is 1.78 bits per heavy atom. The van der Waals surface area contributed by atoms with E-state index in [1.165, 1.54) is 0 Å². The highest BCUT2D eigenvalue weighted by molar-refractivity contribution is 7.92. The number of nitrogens with zero attached hydrogens (tertiary/aromatic N) is 1. The molecule has 5 heteroatoms. The van der Waals surface area contributed by atoms with Crippen LogP contribution < -0.4 is 9.62 Å². The van der Waals surface area contributed by atoms with Crippen LogP contribution >= 0.6 is 0 Å². The summed E-state index contributed by atoms with van der Waals surface area (Å²) in [7, 11) is 0.263.